The Hall–Kier alpha value is -1.68. The van der Waals surface area contributed by atoms with Gasteiger partial charge >= 0.3 is 0 Å². The summed E-state index contributed by atoms with van der Waals surface area (Å²) in [5.74, 6) is 0.441. The van der Waals surface area contributed by atoms with Gasteiger partial charge in [-0.3, -0.25) is 0 Å². The molecule has 0 saturated heterocycles. The first-order valence-corrected chi connectivity index (χ1v) is 5.52. The van der Waals surface area contributed by atoms with Gasteiger partial charge in [-0.15, -0.1) is 0 Å². The maximum atomic E-state index is 12.7. The van der Waals surface area contributed by atoms with Crippen molar-refractivity contribution in [2.45, 2.75) is 13.2 Å². The molecule has 88 valence electrons. The summed E-state index contributed by atoms with van der Waals surface area (Å²) < 4.78 is 12.7. The van der Waals surface area contributed by atoms with Gasteiger partial charge in [-0.05, 0) is 17.2 Å². The Kier molecular flexibility index (Phi) is 3.88. The van der Waals surface area contributed by atoms with Crippen LogP contribution in [-0.2, 0) is 13.2 Å². The number of benzene rings is 1. The minimum absolute atomic E-state index is 0.109. The van der Waals surface area contributed by atoms with Gasteiger partial charge in [0.2, 0.25) is 5.28 Å². The highest BCUT2D eigenvalue weighted by Gasteiger charge is 2.05. The molecule has 17 heavy (non-hydrogen) atoms. The van der Waals surface area contributed by atoms with E-state index >= 15 is 0 Å². The summed E-state index contributed by atoms with van der Waals surface area (Å²) in [6.45, 7) is -0.0462. The summed E-state index contributed by atoms with van der Waals surface area (Å²) in [5, 5.41) is 3.15. The van der Waals surface area contributed by atoms with Crippen LogP contribution in [0.3, 0.4) is 0 Å². The third kappa shape index (κ3) is 3.14. The highest BCUT2D eigenvalue weighted by atomic mass is 35.5. The predicted octanol–water partition coefficient (Wildman–Crippen LogP) is 3.21. The average Bonchev–Trinajstić information content (AvgIpc) is 2.38. The molecule has 1 aromatic carbocycles. The van der Waals surface area contributed by atoms with Crippen molar-refractivity contribution in [3.8, 4) is 0 Å². The van der Waals surface area contributed by atoms with Gasteiger partial charge in [0.05, 0.1) is 0 Å². The Balaban J connectivity index is 2.11. The van der Waals surface area contributed by atoms with Crippen molar-refractivity contribution >= 4 is 17.4 Å². The second-order valence-corrected chi connectivity index (χ2v) is 3.82. The molecule has 2 aromatic rings. The predicted molar refractivity (Wildman–Crippen MR) is 65.6 cm³/mol. The van der Waals surface area contributed by atoms with Crippen LogP contribution in [0.25, 0.3) is 0 Å². The zero-order valence-electron chi connectivity index (χ0n) is 9.03. The first-order valence-electron chi connectivity index (χ1n) is 5.15. The normalized spacial score (nSPS) is 10.2. The zero-order valence-corrected chi connectivity index (χ0v) is 9.78. The van der Waals surface area contributed by atoms with Gasteiger partial charge in [0.1, 0.15) is 12.5 Å². The lowest BCUT2D eigenvalue weighted by molar-refractivity contribution is 0.484. The van der Waals surface area contributed by atoms with E-state index in [1.807, 2.05) is 30.3 Å². The Labute approximate surface area is 104 Å². The molecule has 0 atom stereocenters. The standard InChI is InChI=1S/C12H11ClFN3/c13-12-16-8-10(6-14)11(17-12)15-7-9-4-2-1-3-5-9/h1-5,8H,6-7H2,(H,15,16,17). The molecule has 0 unspecified atom stereocenters. The fourth-order valence-corrected chi connectivity index (χ4v) is 1.55. The largest absolute Gasteiger partial charge is 0.366 e. The molecule has 1 heterocycles. The van der Waals surface area contributed by atoms with Crippen molar-refractivity contribution < 1.29 is 4.39 Å². The minimum Gasteiger partial charge on any atom is -0.366 e. The summed E-state index contributed by atoms with van der Waals surface area (Å²) >= 11 is 5.67. The number of nitrogens with one attached hydrogen (secondary N) is 1. The van der Waals surface area contributed by atoms with E-state index in [1.165, 1.54) is 6.20 Å². The fraction of sp³-hybridized carbons (Fsp3) is 0.167. The van der Waals surface area contributed by atoms with Gasteiger partial charge in [-0.2, -0.15) is 0 Å². The molecular weight excluding hydrogens is 241 g/mol. The van der Waals surface area contributed by atoms with Crippen molar-refractivity contribution in [2.75, 3.05) is 5.32 Å². The maximum absolute atomic E-state index is 12.7. The topological polar surface area (TPSA) is 37.8 Å². The van der Waals surface area contributed by atoms with Gasteiger partial charge in [0.25, 0.3) is 0 Å². The highest BCUT2D eigenvalue weighted by Crippen LogP contribution is 2.16. The number of nitrogens with zero attached hydrogens (tertiary/aromatic N) is 2. The molecular formula is C12H11ClFN3. The number of rotatable bonds is 4. The van der Waals surface area contributed by atoms with E-state index in [9.17, 15) is 4.39 Å². The number of hydrogen-bond acceptors (Lipinski definition) is 3. The average molecular weight is 252 g/mol. The number of alkyl halides is 1. The van der Waals surface area contributed by atoms with Gasteiger partial charge in [0, 0.05) is 18.3 Å². The first-order chi connectivity index (χ1) is 8.29. The van der Waals surface area contributed by atoms with Crippen LogP contribution in [0.1, 0.15) is 11.1 Å². The monoisotopic (exact) mass is 251 g/mol. The van der Waals surface area contributed by atoms with E-state index in [4.69, 9.17) is 11.6 Å². The lowest BCUT2D eigenvalue weighted by Crippen LogP contribution is -2.05. The van der Waals surface area contributed by atoms with Gasteiger partial charge < -0.3 is 5.32 Å². The molecule has 0 amide bonds. The van der Waals surface area contributed by atoms with Crippen LogP contribution in [0, 0.1) is 0 Å². The van der Waals surface area contributed by atoms with Crippen LogP contribution in [-0.4, -0.2) is 9.97 Å². The van der Waals surface area contributed by atoms with Crippen molar-refractivity contribution in [2.24, 2.45) is 0 Å². The molecule has 0 bridgehead atoms. The smallest absolute Gasteiger partial charge is 0.224 e. The third-order valence-electron chi connectivity index (χ3n) is 2.28. The number of anilines is 1. The van der Waals surface area contributed by atoms with Gasteiger partial charge in [-0.25, -0.2) is 14.4 Å². The Bertz CT molecular complexity index is 490. The van der Waals surface area contributed by atoms with Crippen molar-refractivity contribution in [3.05, 3.63) is 52.9 Å². The number of aromatic nitrogens is 2. The SMILES string of the molecule is FCc1cnc(Cl)nc1NCc1ccccc1. The Morgan fingerprint density at radius 1 is 1.24 bits per heavy atom. The highest BCUT2D eigenvalue weighted by molar-refractivity contribution is 6.28. The van der Waals surface area contributed by atoms with Crippen LogP contribution in [0.2, 0.25) is 5.28 Å². The molecule has 5 heteroatoms. The van der Waals surface area contributed by atoms with E-state index in [0.29, 0.717) is 17.9 Å². The summed E-state index contributed by atoms with van der Waals surface area (Å²) in [7, 11) is 0. The number of halogens is 2. The zero-order chi connectivity index (χ0) is 12.1. The second kappa shape index (κ2) is 5.59. The lowest BCUT2D eigenvalue weighted by atomic mass is 10.2. The quantitative estimate of drug-likeness (QED) is 0.848. The molecule has 2 rings (SSSR count). The van der Waals surface area contributed by atoms with E-state index in [2.05, 4.69) is 15.3 Å². The second-order valence-electron chi connectivity index (χ2n) is 3.49. The molecule has 0 spiro atoms. The van der Waals surface area contributed by atoms with Crippen LogP contribution in [0.4, 0.5) is 10.2 Å². The molecule has 0 aliphatic carbocycles. The van der Waals surface area contributed by atoms with E-state index in [0.717, 1.165) is 5.56 Å². The maximum Gasteiger partial charge on any atom is 0.224 e. The molecule has 1 aromatic heterocycles. The third-order valence-corrected chi connectivity index (χ3v) is 2.46. The summed E-state index contributed by atoms with van der Waals surface area (Å²) in [4.78, 5) is 7.70. The van der Waals surface area contributed by atoms with Crippen molar-refractivity contribution in [3.63, 3.8) is 0 Å². The molecule has 0 saturated carbocycles. The van der Waals surface area contributed by atoms with Gasteiger partial charge in [-0.1, -0.05) is 30.3 Å². The summed E-state index contributed by atoms with van der Waals surface area (Å²) in [6.07, 6.45) is 1.39. The van der Waals surface area contributed by atoms with E-state index in [-0.39, 0.29) is 5.28 Å². The van der Waals surface area contributed by atoms with Crippen LogP contribution < -0.4 is 5.32 Å². The molecule has 0 fully saturated rings. The van der Waals surface area contributed by atoms with Crippen molar-refractivity contribution in [1.82, 2.24) is 9.97 Å². The Morgan fingerprint density at radius 2 is 2.00 bits per heavy atom. The molecule has 0 aliphatic heterocycles. The molecule has 0 aliphatic rings. The molecule has 1 N–H and O–H groups in total. The fourth-order valence-electron chi connectivity index (χ4n) is 1.42. The molecule has 3 nitrogen and oxygen atoms in total. The molecule has 0 radical (unpaired) electrons. The van der Waals surface area contributed by atoms with Gasteiger partial charge in [0.15, 0.2) is 0 Å². The lowest BCUT2D eigenvalue weighted by Gasteiger charge is -2.08. The van der Waals surface area contributed by atoms with E-state index in [1.54, 1.807) is 0 Å². The first kappa shape index (κ1) is 11.8. The van der Waals surface area contributed by atoms with E-state index < -0.39 is 6.67 Å². The van der Waals surface area contributed by atoms with Crippen LogP contribution in [0.15, 0.2) is 36.5 Å². The van der Waals surface area contributed by atoms with Crippen molar-refractivity contribution in [1.29, 1.82) is 0 Å². The van der Waals surface area contributed by atoms with Crippen LogP contribution >= 0.6 is 11.6 Å². The minimum atomic E-state index is -0.617. The summed E-state index contributed by atoms with van der Waals surface area (Å²) in [6, 6.07) is 9.79. The van der Waals surface area contributed by atoms with Crippen LogP contribution in [0.5, 0.6) is 0 Å². The Morgan fingerprint density at radius 3 is 2.71 bits per heavy atom. The number of hydrogen-bond donors (Lipinski definition) is 1. The summed E-state index contributed by atoms with van der Waals surface area (Å²) in [5.41, 5.74) is 1.50.